The SMILES string of the molecule is [CH2]C(NCCN)n1cc(CCN)c2ccccc21. The summed E-state index contributed by atoms with van der Waals surface area (Å²) in [6.45, 7) is 6.16. The predicted octanol–water partition coefficient (Wildman–Crippen LogP) is 1.02. The first kappa shape index (κ1) is 13.1. The van der Waals surface area contributed by atoms with Crippen molar-refractivity contribution in [3.63, 3.8) is 0 Å². The molecule has 0 aliphatic rings. The van der Waals surface area contributed by atoms with Gasteiger partial charge in [-0.15, -0.1) is 0 Å². The molecule has 97 valence electrons. The minimum atomic E-state index is -0.00928. The zero-order valence-electron chi connectivity index (χ0n) is 10.6. The number of para-hydroxylation sites is 1. The summed E-state index contributed by atoms with van der Waals surface area (Å²) in [5.41, 5.74) is 13.6. The van der Waals surface area contributed by atoms with E-state index >= 15 is 0 Å². The van der Waals surface area contributed by atoms with Crippen LogP contribution in [0.5, 0.6) is 0 Å². The number of fused-ring (bicyclic) bond motifs is 1. The van der Waals surface area contributed by atoms with Crippen molar-refractivity contribution >= 4 is 10.9 Å². The number of hydrogen-bond acceptors (Lipinski definition) is 3. The lowest BCUT2D eigenvalue weighted by Crippen LogP contribution is -2.28. The van der Waals surface area contributed by atoms with E-state index in [2.05, 4.69) is 41.2 Å². The van der Waals surface area contributed by atoms with Gasteiger partial charge in [0.05, 0.1) is 6.17 Å². The van der Waals surface area contributed by atoms with Crippen molar-refractivity contribution in [3.05, 3.63) is 42.9 Å². The van der Waals surface area contributed by atoms with Gasteiger partial charge in [0.25, 0.3) is 0 Å². The Hall–Kier alpha value is -1.36. The molecular weight excluding hydrogens is 224 g/mol. The number of nitrogens with zero attached hydrogens (tertiary/aromatic N) is 1. The highest BCUT2D eigenvalue weighted by Gasteiger charge is 2.11. The van der Waals surface area contributed by atoms with Crippen LogP contribution in [0.2, 0.25) is 0 Å². The molecule has 4 nitrogen and oxygen atoms in total. The first-order chi connectivity index (χ1) is 8.77. The molecule has 2 rings (SSSR count). The summed E-state index contributed by atoms with van der Waals surface area (Å²) in [6, 6.07) is 8.34. The van der Waals surface area contributed by atoms with Crippen LogP contribution >= 0.6 is 0 Å². The Balaban J connectivity index is 2.37. The molecule has 2 aromatic rings. The second-order valence-corrected chi connectivity index (χ2v) is 4.38. The van der Waals surface area contributed by atoms with Gasteiger partial charge in [-0.2, -0.15) is 0 Å². The van der Waals surface area contributed by atoms with E-state index in [0.717, 1.165) is 13.0 Å². The lowest BCUT2D eigenvalue weighted by molar-refractivity contribution is 0.496. The van der Waals surface area contributed by atoms with Crippen molar-refractivity contribution in [1.29, 1.82) is 0 Å². The van der Waals surface area contributed by atoms with Crippen LogP contribution in [0.15, 0.2) is 30.5 Å². The van der Waals surface area contributed by atoms with Gasteiger partial charge in [0.1, 0.15) is 0 Å². The van der Waals surface area contributed by atoms with Gasteiger partial charge >= 0.3 is 0 Å². The molecule has 0 saturated heterocycles. The van der Waals surface area contributed by atoms with Gasteiger partial charge in [0.15, 0.2) is 0 Å². The maximum atomic E-state index is 5.66. The standard InChI is InChI=1S/C14H21N4/c1-11(17-9-8-16)18-10-12(6-7-15)13-4-2-3-5-14(13)18/h2-5,10-11,17H,1,6-9,15-16H2. The van der Waals surface area contributed by atoms with Crippen LogP contribution in [-0.4, -0.2) is 24.2 Å². The maximum Gasteiger partial charge on any atom is 0.0841 e. The fraction of sp³-hybridized carbons (Fsp3) is 0.357. The fourth-order valence-corrected chi connectivity index (χ4v) is 2.24. The van der Waals surface area contributed by atoms with Crippen LogP contribution in [0.1, 0.15) is 11.7 Å². The topological polar surface area (TPSA) is 69.0 Å². The van der Waals surface area contributed by atoms with E-state index in [1.54, 1.807) is 0 Å². The van der Waals surface area contributed by atoms with E-state index in [-0.39, 0.29) is 6.17 Å². The van der Waals surface area contributed by atoms with Gasteiger partial charge in [0, 0.05) is 30.2 Å². The van der Waals surface area contributed by atoms with Crippen molar-refractivity contribution in [2.24, 2.45) is 11.5 Å². The molecule has 1 heterocycles. The summed E-state index contributed by atoms with van der Waals surface area (Å²) in [5.74, 6) is 0. The molecule has 4 heteroatoms. The summed E-state index contributed by atoms with van der Waals surface area (Å²) in [6.07, 6.45) is 3.01. The monoisotopic (exact) mass is 245 g/mol. The van der Waals surface area contributed by atoms with Crippen molar-refractivity contribution < 1.29 is 0 Å². The third kappa shape index (κ3) is 2.56. The first-order valence-electron chi connectivity index (χ1n) is 6.33. The highest BCUT2D eigenvalue weighted by atomic mass is 15.2. The Bertz CT molecular complexity index is 503. The molecule has 1 unspecified atom stereocenters. The third-order valence-corrected chi connectivity index (χ3v) is 3.10. The van der Waals surface area contributed by atoms with Gasteiger partial charge in [-0.05, 0) is 31.5 Å². The van der Waals surface area contributed by atoms with Crippen LogP contribution in [-0.2, 0) is 6.42 Å². The summed E-state index contributed by atoms with van der Waals surface area (Å²) in [7, 11) is 0. The lowest BCUT2D eigenvalue weighted by Gasteiger charge is -2.16. The van der Waals surface area contributed by atoms with Crippen LogP contribution < -0.4 is 16.8 Å². The molecule has 1 aromatic carbocycles. The fourth-order valence-electron chi connectivity index (χ4n) is 2.24. The van der Waals surface area contributed by atoms with Gasteiger partial charge in [0.2, 0.25) is 0 Å². The first-order valence-corrected chi connectivity index (χ1v) is 6.33. The minimum absolute atomic E-state index is 0.00928. The predicted molar refractivity (Wildman–Crippen MR) is 76.1 cm³/mol. The Morgan fingerprint density at radius 3 is 2.72 bits per heavy atom. The Morgan fingerprint density at radius 2 is 2.00 bits per heavy atom. The Morgan fingerprint density at radius 1 is 1.22 bits per heavy atom. The molecule has 0 amide bonds. The van der Waals surface area contributed by atoms with Crippen molar-refractivity contribution in [1.82, 2.24) is 9.88 Å². The van der Waals surface area contributed by atoms with Crippen molar-refractivity contribution in [3.8, 4) is 0 Å². The second kappa shape index (κ2) is 6.00. The highest BCUT2D eigenvalue weighted by Crippen LogP contribution is 2.23. The molecule has 0 saturated carbocycles. The van der Waals surface area contributed by atoms with E-state index < -0.39 is 0 Å². The number of hydrogen-bond donors (Lipinski definition) is 3. The molecule has 1 radical (unpaired) electrons. The summed E-state index contributed by atoms with van der Waals surface area (Å²) in [5, 5.41) is 4.55. The van der Waals surface area contributed by atoms with E-state index in [1.165, 1.54) is 16.5 Å². The zero-order valence-corrected chi connectivity index (χ0v) is 10.6. The van der Waals surface area contributed by atoms with Crippen molar-refractivity contribution in [2.45, 2.75) is 12.6 Å². The molecule has 0 spiro atoms. The molecule has 5 N–H and O–H groups in total. The normalized spacial score (nSPS) is 13.1. The average Bonchev–Trinajstić information content (AvgIpc) is 2.76. The smallest absolute Gasteiger partial charge is 0.0841 e. The van der Waals surface area contributed by atoms with Gasteiger partial charge < -0.3 is 16.0 Å². The Kier molecular flexibility index (Phi) is 4.36. The largest absolute Gasteiger partial charge is 0.331 e. The minimum Gasteiger partial charge on any atom is -0.331 e. The van der Waals surface area contributed by atoms with E-state index in [4.69, 9.17) is 11.5 Å². The van der Waals surface area contributed by atoms with E-state index in [9.17, 15) is 0 Å². The van der Waals surface area contributed by atoms with E-state index in [1.807, 2.05) is 6.07 Å². The van der Waals surface area contributed by atoms with Crippen LogP contribution in [0.25, 0.3) is 10.9 Å². The summed E-state index contributed by atoms with van der Waals surface area (Å²) >= 11 is 0. The highest BCUT2D eigenvalue weighted by molar-refractivity contribution is 5.84. The average molecular weight is 245 g/mol. The summed E-state index contributed by atoms with van der Waals surface area (Å²) < 4.78 is 2.15. The molecule has 0 bridgehead atoms. The van der Waals surface area contributed by atoms with Gasteiger partial charge in [-0.1, -0.05) is 18.2 Å². The quantitative estimate of drug-likeness (QED) is 0.712. The number of rotatable bonds is 6. The van der Waals surface area contributed by atoms with Gasteiger partial charge in [-0.25, -0.2) is 0 Å². The molecule has 1 aromatic heterocycles. The molecule has 0 aliphatic heterocycles. The number of nitrogens with one attached hydrogen (secondary N) is 1. The molecular formula is C14H21N4. The van der Waals surface area contributed by atoms with E-state index in [0.29, 0.717) is 13.1 Å². The third-order valence-electron chi connectivity index (χ3n) is 3.10. The molecule has 1 atom stereocenters. The van der Waals surface area contributed by atoms with Crippen molar-refractivity contribution in [2.75, 3.05) is 19.6 Å². The number of benzene rings is 1. The maximum absolute atomic E-state index is 5.66. The molecule has 18 heavy (non-hydrogen) atoms. The van der Waals surface area contributed by atoms with Crippen LogP contribution in [0.3, 0.4) is 0 Å². The molecule has 0 aliphatic carbocycles. The number of aromatic nitrogens is 1. The summed E-state index contributed by atoms with van der Waals surface area (Å²) in [4.78, 5) is 0. The zero-order chi connectivity index (χ0) is 13.0. The van der Waals surface area contributed by atoms with Crippen LogP contribution in [0.4, 0.5) is 0 Å². The number of nitrogens with two attached hydrogens (primary N) is 2. The van der Waals surface area contributed by atoms with Gasteiger partial charge in [-0.3, -0.25) is 5.32 Å². The van der Waals surface area contributed by atoms with Crippen LogP contribution in [0, 0.1) is 6.92 Å². The second-order valence-electron chi connectivity index (χ2n) is 4.38. The lowest BCUT2D eigenvalue weighted by atomic mass is 10.1. The Labute approximate surface area is 108 Å². The molecule has 0 fully saturated rings.